The van der Waals surface area contributed by atoms with Crippen molar-refractivity contribution < 1.29 is 30.3 Å². The summed E-state index contributed by atoms with van der Waals surface area (Å²) in [6, 6.07) is 65.3. The molecule has 0 unspecified atom stereocenters. The second-order valence-electron chi connectivity index (χ2n) is 17.9. The summed E-state index contributed by atoms with van der Waals surface area (Å²) in [4.78, 5) is 10.4. The van der Waals surface area contributed by atoms with Crippen LogP contribution in [-0.4, -0.2) is 19.6 Å². The van der Waals surface area contributed by atoms with Gasteiger partial charge in [0.25, 0.3) is 0 Å². The number of benzene rings is 8. The summed E-state index contributed by atoms with van der Waals surface area (Å²) in [5.74, 6) is 0.655. The van der Waals surface area contributed by atoms with Crippen LogP contribution in [-0.2, 0) is 26.5 Å². The van der Waals surface area contributed by atoms with Crippen molar-refractivity contribution in [1.82, 2.24) is 14.5 Å². The number of hydrogen-bond acceptors (Lipinski definition) is 3. The van der Waals surface area contributed by atoms with Crippen LogP contribution in [0, 0.1) is 26.8 Å². The molecule has 10 rings (SSSR count). The summed E-state index contributed by atoms with van der Waals surface area (Å²) in [6.07, 6.45) is 1.86. The molecule has 4 nitrogen and oxygen atoms in total. The van der Waals surface area contributed by atoms with Gasteiger partial charge in [0, 0.05) is 42.6 Å². The number of aryl methyl sites for hydroxylation is 3. The molecule has 1 N–H and O–H groups in total. The molecule has 0 fully saturated rings. The van der Waals surface area contributed by atoms with Crippen molar-refractivity contribution >= 4 is 11.0 Å². The topological polar surface area (TPSA) is 50.9 Å². The number of rotatable bonds is 8. The molecule has 5 heteroatoms. The molecule has 0 saturated heterocycles. The maximum atomic E-state index is 11.9. The fourth-order valence-corrected chi connectivity index (χ4v) is 8.88. The molecule has 0 aliphatic rings. The van der Waals surface area contributed by atoms with Gasteiger partial charge in [-0.2, -0.15) is 0 Å². The number of phenolic OH excluding ortho intramolecular Hbond substituents is 1. The number of aromatic nitrogens is 3. The minimum Gasteiger partial charge on any atom is -0.507 e. The van der Waals surface area contributed by atoms with E-state index in [1.54, 1.807) is 12.1 Å². The molecule has 0 bridgehead atoms. The number of phenols is 1. The fourth-order valence-electron chi connectivity index (χ4n) is 8.88. The molecule has 0 saturated carbocycles. The van der Waals surface area contributed by atoms with Crippen LogP contribution in [0.4, 0.5) is 0 Å². The van der Waals surface area contributed by atoms with Gasteiger partial charge in [0.15, 0.2) is 0 Å². The van der Waals surface area contributed by atoms with E-state index < -0.39 is 6.85 Å². The quantitative estimate of drug-likeness (QED) is 0.154. The predicted octanol–water partition coefficient (Wildman–Crippen LogP) is 15.8. The summed E-state index contributed by atoms with van der Waals surface area (Å²) in [6.45, 7) is 8.10. The molecular formula is C61H50N3OPt-. The first-order valence-corrected chi connectivity index (χ1v) is 22.0. The number of fused-ring (bicyclic) bond motifs is 1. The van der Waals surface area contributed by atoms with E-state index in [-0.39, 0.29) is 37.8 Å². The monoisotopic (exact) mass is 1040 g/mol. The Hall–Kier alpha value is -7.13. The standard InChI is InChI=1S/C61H50N3O.Pt/c1-39-20-29-56(53(33-39)46-25-27-51(28-26-46)61(4,5)6)64-57-19-13-18-52(58(57)63-60(64)54-34-40(2)32-41(3)59(54)65)49-35-48(43-16-11-8-12-17-43)36-50(37-49)55-38-47(30-31-62-55)45-23-21-44(22-24-45)42-14-9-7-10-15-42;/h7-36,38,65H,1-6H3;/q-1;/i1D3;. The van der Waals surface area contributed by atoms with E-state index >= 15 is 0 Å². The van der Waals surface area contributed by atoms with E-state index in [4.69, 9.17) is 14.1 Å². The smallest absolute Gasteiger partial charge is 0.148 e. The molecule has 10 aromatic rings. The van der Waals surface area contributed by atoms with Gasteiger partial charge in [-0.05, 0) is 107 Å². The Balaban J connectivity index is 0.00000593. The molecule has 8 aromatic carbocycles. The van der Waals surface area contributed by atoms with Gasteiger partial charge < -0.3 is 5.11 Å². The molecule has 0 aliphatic carbocycles. The minimum atomic E-state index is -2.34. The normalized spacial score (nSPS) is 12.3. The number of imidazole rings is 1. The zero-order chi connectivity index (χ0) is 47.3. The molecule has 0 atom stereocenters. The zero-order valence-corrected chi connectivity index (χ0v) is 39.8. The van der Waals surface area contributed by atoms with Gasteiger partial charge in [0.05, 0.1) is 22.3 Å². The Kier molecular flexibility index (Phi) is 11.0. The molecule has 0 aliphatic heterocycles. The van der Waals surface area contributed by atoms with Crippen LogP contribution < -0.4 is 0 Å². The summed E-state index contributed by atoms with van der Waals surface area (Å²) in [7, 11) is 0. The van der Waals surface area contributed by atoms with Crippen LogP contribution in [0.1, 0.15) is 47.1 Å². The second kappa shape index (κ2) is 18.0. The Morgan fingerprint density at radius 1 is 0.545 bits per heavy atom. The van der Waals surface area contributed by atoms with Crippen LogP contribution in [0.5, 0.6) is 5.75 Å². The van der Waals surface area contributed by atoms with Crippen LogP contribution in [0.3, 0.4) is 0 Å². The summed E-state index contributed by atoms with van der Waals surface area (Å²) in [5, 5.41) is 11.9. The third-order valence-corrected chi connectivity index (χ3v) is 12.3. The second-order valence-corrected chi connectivity index (χ2v) is 17.9. The summed E-state index contributed by atoms with van der Waals surface area (Å²) < 4.78 is 27.3. The van der Waals surface area contributed by atoms with Crippen LogP contribution in [0.2, 0.25) is 0 Å². The predicted molar refractivity (Wildman–Crippen MR) is 270 cm³/mol. The van der Waals surface area contributed by atoms with Crippen LogP contribution >= 0.6 is 0 Å². The fraction of sp³-hybridized carbons (Fsp3) is 0.115. The Morgan fingerprint density at radius 3 is 1.85 bits per heavy atom. The maximum absolute atomic E-state index is 11.9. The van der Waals surface area contributed by atoms with E-state index in [2.05, 4.69) is 141 Å². The van der Waals surface area contributed by atoms with Crippen molar-refractivity contribution in [3.05, 3.63) is 217 Å². The van der Waals surface area contributed by atoms with Gasteiger partial charge in [-0.1, -0.05) is 183 Å². The number of pyridine rings is 1. The first-order valence-electron chi connectivity index (χ1n) is 23.5. The van der Waals surface area contributed by atoms with Gasteiger partial charge >= 0.3 is 0 Å². The molecule has 326 valence electrons. The molecule has 0 spiro atoms. The molecule has 2 heterocycles. The van der Waals surface area contributed by atoms with Gasteiger partial charge in [-0.25, -0.2) is 4.98 Å². The molecule has 66 heavy (non-hydrogen) atoms. The van der Waals surface area contributed by atoms with E-state index in [0.717, 1.165) is 83.7 Å². The average Bonchev–Trinajstić information content (AvgIpc) is 3.74. The Morgan fingerprint density at radius 2 is 1.17 bits per heavy atom. The molecule has 0 radical (unpaired) electrons. The maximum Gasteiger partial charge on any atom is 0.148 e. The third kappa shape index (κ3) is 8.58. The number of nitrogens with zero attached hydrogens (tertiary/aromatic N) is 3. The first-order chi connectivity index (χ1) is 32.7. The Labute approximate surface area is 406 Å². The minimum absolute atomic E-state index is 0. The van der Waals surface area contributed by atoms with Crippen molar-refractivity contribution in [2.24, 2.45) is 0 Å². The molecule has 2 aromatic heterocycles. The van der Waals surface area contributed by atoms with E-state index in [1.807, 2.05) is 80.7 Å². The number of hydrogen-bond donors (Lipinski definition) is 1. The Bertz CT molecular complexity index is 3480. The van der Waals surface area contributed by atoms with Crippen LogP contribution in [0.15, 0.2) is 188 Å². The van der Waals surface area contributed by atoms with Crippen molar-refractivity contribution in [3.8, 4) is 89.7 Å². The van der Waals surface area contributed by atoms with Crippen molar-refractivity contribution in [2.45, 2.75) is 46.9 Å². The zero-order valence-electron chi connectivity index (χ0n) is 40.5. The van der Waals surface area contributed by atoms with Crippen LogP contribution in [0.25, 0.3) is 95.0 Å². The van der Waals surface area contributed by atoms with Crippen molar-refractivity contribution in [3.63, 3.8) is 0 Å². The summed E-state index contributed by atoms with van der Waals surface area (Å²) >= 11 is 0. The third-order valence-electron chi connectivity index (χ3n) is 12.3. The largest absolute Gasteiger partial charge is 0.507 e. The number of aromatic hydroxyl groups is 1. The number of para-hydroxylation sites is 1. The van der Waals surface area contributed by atoms with Crippen molar-refractivity contribution in [1.29, 1.82) is 0 Å². The summed E-state index contributed by atoms with van der Waals surface area (Å²) in [5.41, 5.74) is 17.2. The molecular weight excluding hydrogens is 986 g/mol. The van der Waals surface area contributed by atoms with Gasteiger partial charge in [-0.3, -0.25) is 9.55 Å². The first kappa shape index (κ1) is 40.4. The van der Waals surface area contributed by atoms with E-state index in [9.17, 15) is 5.11 Å². The van der Waals surface area contributed by atoms with Gasteiger partial charge in [0.1, 0.15) is 11.6 Å². The van der Waals surface area contributed by atoms with E-state index in [1.165, 1.54) is 11.1 Å². The van der Waals surface area contributed by atoms with Crippen molar-refractivity contribution in [2.75, 3.05) is 0 Å². The molecule has 0 amide bonds. The average molecular weight is 1040 g/mol. The van der Waals surface area contributed by atoms with Gasteiger partial charge in [0.2, 0.25) is 0 Å². The van der Waals surface area contributed by atoms with E-state index in [0.29, 0.717) is 16.9 Å². The van der Waals surface area contributed by atoms with Gasteiger partial charge in [-0.15, -0.1) is 23.8 Å². The SMILES string of the molecule is [2H]C([2H])([2H])c1ccc(-n2c(-c3cc(C)cc(C)c3O)nc3c(-c4[c-]c(-c5cc(-c6ccc(-c7ccccc7)cc6)ccn5)cc(-c5ccccc5)c4)cccc32)c(-c2ccc(C(C)(C)C)cc2)c1.[Pt].